The Hall–Kier alpha value is -4.42. The summed E-state index contributed by atoms with van der Waals surface area (Å²) in [5, 5.41) is 4.52. The zero-order valence-electron chi connectivity index (χ0n) is 19.4. The summed E-state index contributed by atoms with van der Waals surface area (Å²) in [4.78, 5) is 24.9. The molecule has 0 radical (unpaired) electrons. The van der Waals surface area contributed by atoms with Crippen molar-refractivity contribution in [1.29, 1.82) is 0 Å². The van der Waals surface area contributed by atoms with Crippen molar-refractivity contribution in [2.75, 3.05) is 0 Å². The van der Waals surface area contributed by atoms with Crippen molar-refractivity contribution >= 4 is 29.7 Å². The molecule has 6 nitrogen and oxygen atoms in total. The molecule has 0 unspecified atom stereocenters. The van der Waals surface area contributed by atoms with Gasteiger partial charge in [-0.3, -0.25) is 4.79 Å². The van der Waals surface area contributed by atoms with Crippen LogP contribution in [0.1, 0.15) is 22.8 Å². The molecular formula is C29H23ClN2O4. The van der Waals surface area contributed by atoms with Gasteiger partial charge in [-0.2, -0.15) is 5.10 Å². The summed E-state index contributed by atoms with van der Waals surface area (Å²) in [5.41, 5.74) is 5.49. The second-order valence-corrected chi connectivity index (χ2v) is 8.26. The first-order chi connectivity index (χ1) is 17.5. The van der Waals surface area contributed by atoms with E-state index in [1.807, 2.05) is 54.6 Å². The molecule has 0 spiro atoms. The number of rotatable bonds is 8. The predicted octanol–water partition coefficient (Wildman–Crippen LogP) is 6.14. The number of hydrazone groups is 1. The summed E-state index contributed by atoms with van der Waals surface area (Å²) >= 11 is 5.87. The molecule has 4 aromatic rings. The molecule has 0 aliphatic rings. The van der Waals surface area contributed by atoms with Gasteiger partial charge in [0.05, 0.1) is 11.8 Å². The van der Waals surface area contributed by atoms with Crippen molar-refractivity contribution in [3.63, 3.8) is 0 Å². The average Bonchev–Trinajstić information content (AvgIpc) is 2.91. The van der Waals surface area contributed by atoms with E-state index in [9.17, 15) is 9.59 Å². The van der Waals surface area contributed by atoms with Crippen LogP contribution in [0.5, 0.6) is 11.5 Å². The third-order valence-electron chi connectivity index (χ3n) is 5.22. The Balaban J connectivity index is 1.33. The normalized spacial score (nSPS) is 11.6. The molecule has 0 heterocycles. The van der Waals surface area contributed by atoms with Crippen LogP contribution in [-0.4, -0.2) is 24.2 Å². The van der Waals surface area contributed by atoms with E-state index in [-0.39, 0.29) is 0 Å². The number of carbonyl (C=O) groups is 2. The lowest BCUT2D eigenvalue weighted by Gasteiger charge is -2.13. The number of halogens is 1. The van der Waals surface area contributed by atoms with Gasteiger partial charge in [-0.15, -0.1) is 0 Å². The molecule has 36 heavy (non-hydrogen) atoms. The molecule has 7 heteroatoms. The number of ether oxygens (including phenoxy) is 2. The lowest BCUT2D eigenvalue weighted by Crippen LogP contribution is -2.33. The van der Waals surface area contributed by atoms with Crippen molar-refractivity contribution in [1.82, 2.24) is 5.43 Å². The monoisotopic (exact) mass is 498 g/mol. The van der Waals surface area contributed by atoms with Crippen LogP contribution in [0.3, 0.4) is 0 Å². The number of hydrogen-bond acceptors (Lipinski definition) is 5. The summed E-state index contributed by atoms with van der Waals surface area (Å²) in [6.07, 6.45) is 0.631. The fourth-order valence-electron chi connectivity index (χ4n) is 3.30. The van der Waals surface area contributed by atoms with Crippen LogP contribution >= 0.6 is 11.6 Å². The summed E-state index contributed by atoms with van der Waals surface area (Å²) in [7, 11) is 0. The second-order valence-electron chi connectivity index (χ2n) is 7.82. The predicted molar refractivity (Wildman–Crippen MR) is 141 cm³/mol. The molecule has 0 saturated carbocycles. The van der Waals surface area contributed by atoms with E-state index >= 15 is 0 Å². The van der Waals surface area contributed by atoms with Gasteiger partial charge < -0.3 is 9.47 Å². The Kier molecular flexibility index (Phi) is 8.11. The van der Waals surface area contributed by atoms with Crippen molar-refractivity contribution in [3.05, 3.63) is 119 Å². The van der Waals surface area contributed by atoms with E-state index in [1.165, 1.54) is 6.21 Å². The topological polar surface area (TPSA) is 77.0 Å². The maximum Gasteiger partial charge on any atom is 0.343 e. The fourth-order valence-corrected chi connectivity index (χ4v) is 3.42. The quantitative estimate of drug-likeness (QED) is 0.137. The van der Waals surface area contributed by atoms with Gasteiger partial charge in [0.1, 0.15) is 11.5 Å². The van der Waals surface area contributed by atoms with Crippen LogP contribution < -0.4 is 14.9 Å². The highest BCUT2D eigenvalue weighted by atomic mass is 35.5. The van der Waals surface area contributed by atoms with Crippen LogP contribution in [-0.2, 0) is 4.79 Å². The van der Waals surface area contributed by atoms with Crippen molar-refractivity contribution < 1.29 is 19.1 Å². The third kappa shape index (κ3) is 6.58. The van der Waals surface area contributed by atoms with Gasteiger partial charge in [0.15, 0.2) is 6.10 Å². The zero-order chi connectivity index (χ0) is 25.3. The number of para-hydroxylation sites is 1. The van der Waals surface area contributed by atoms with Gasteiger partial charge in [-0.25, -0.2) is 10.2 Å². The molecule has 0 fully saturated rings. The minimum absolute atomic E-state index is 0.304. The zero-order valence-corrected chi connectivity index (χ0v) is 20.2. The Bertz CT molecular complexity index is 1350. The van der Waals surface area contributed by atoms with E-state index in [0.29, 0.717) is 27.6 Å². The SMILES string of the molecule is C[C@@H](Oc1ccc(-c2ccccc2)cc1)C(=O)N/N=C\c1ccccc1OC(=O)c1ccc(Cl)cc1. The molecule has 180 valence electrons. The van der Waals surface area contributed by atoms with Gasteiger partial charge in [-0.1, -0.05) is 66.2 Å². The molecule has 1 atom stereocenters. The van der Waals surface area contributed by atoms with Gasteiger partial charge in [0.25, 0.3) is 5.91 Å². The fraction of sp³-hybridized carbons (Fsp3) is 0.0690. The van der Waals surface area contributed by atoms with Gasteiger partial charge in [0.2, 0.25) is 0 Å². The van der Waals surface area contributed by atoms with Gasteiger partial charge in [0, 0.05) is 10.6 Å². The molecular weight excluding hydrogens is 476 g/mol. The van der Waals surface area contributed by atoms with Crippen LogP contribution in [0.4, 0.5) is 0 Å². The molecule has 0 aromatic heterocycles. The Labute approximate surface area is 214 Å². The Morgan fingerprint density at radius 2 is 1.47 bits per heavy atom. The summed E-state index contributed by atoms with van der Waals surface area (Å²) < 4.78 is 11.2. The number of hydrogen-bond donors (Lipinski definition) is 1. The lowest BCUT2D eigenvalue weighted by atomic mass is 10.1. The lowest BCUT2D eigenvalue weighted by molar-refractivity contribution is -0.127. The van der Waals surface area contributed by atoms with Gasteiger partial charge >= 0.3 is 5.97 Å². The van der Waals surface area contributed by atoms with Crippen molar-refractivity contribution in [2.45, 2.75) is 13.0 Å². The summed E-state index contributed by atoms with van der Waals surface area (Å²) in [6, 6.07) is 30.8. The average molecular weight is 499 g/mol. The minimum Gasteiger partial charge on any atom is -0.481 e. The number of nitrogens with one attached hydrogen (secondary N) is 1. The van der Waals surface area contributed by atoms with Crippen LogP contribution in [0.25, 0.3) is 11.1 Å². The smallest absolute Gasteiger partial charge is 0.343 e. The molecule has 0 bridgehead atoms. The van der Waals surface area contributed by atoms with Crippen molar-refractivity contribution in [3.8, 4) is 22.6 Å². The standard InChI is InChI=1S/C29H23ClN2O4/c1-20(35-26-17-13-22(14-18-26)21-7-3-2-4-8-21)28(33)32-31-19-24-9-5-6-10-27(24)36-29(34)23-11-15-25(30)16-12-23/h2-20H,1H3,(H,32,33)/b31-19-/t20-/m1/s1. The first-order valence-electron chi connectivity index (χ1n) is 11.2. The van der Waals surface area contributed by atoms with Crippen molar-refractivity contribution in [2.24, 2.45) is 5.10 Å². The highest BCUT2D eigenvalue weighted by molar-refractivity contribution is 6.30. The number of benzene rings is 4. The molecule has 0 saturated heterocycles. The largest absolute Gasteiger partial charge is 0.481 e. The maximum atomic E-state index is 12.5. The molecule has 0 aliphatic carbocycles. The summed E-state index contributed by atoms with van der Waals surface area (Å²) in [5.74, 6) is -0.0788. The third-order valence-corrected chi connectivity index (χ3v) is 5.48. The van der Waals surface area contributed by atoms with Crippen LogP contribution in [0.15, 0.2) is 108 Å². The minimum atomic E-state index is -0.775. The van der Waals surface area contributed by atoms with E-state index in [0.717, 1.165) is 11.1 Å². The molecule has 4 rings (SSSR count). The Morgan fingerprint density at radius 3 is 2.19 bits per heavy atom. The highest BCUT2D eigenvalue weighted by Crippen LogP contribution is 2.23. The summed E-state index contributed by atoms with van der Waals surface area (Å²) in [6.45, 7) is 1.64. The molecule has 4 aromatic carbocycles. The molecule has 1 amide bonds. The first kappa shape index (κ1) is 24.7. The van der Waals surface area contributed by atoms with Crippen LogP contribution in [0, 0.1) is 0 Å². The first-order valence-corrected chi connectivity index (χ1v) is 11.6. The number of carbonyl (C=O) groups excluding carboxylic acids is 2. The highest BCUT2D eigenvalue weighted by Gasteiger charge is 2.15. The molecule has 1 N–H and O–H groups in total. The number of nitrogens with zero attached hydrogens (tertiary/aromatic N) is 1. The van der Waals surface area contributed by atoms with E-state index in [1.54, 1.807) is 55.5 Å². The second kappa shape index (κ2) is 11.8. The number of amides is 1. The van der Waals surface area contributed by atoms with Crippen LogP contribution in [0.2, 0.25) is 5.02 Å². The van der Waals surface area contributed by atoms with E-state index in [4.69, 9.17) is 21.1 Å². The molecule has 0 aliphatic heterocycles. The number of esters is 1. The van der Waals surface area contributed by atoms with E-state index in [2.05, 4.69) is 10.5 Å². The van der Waals surface area contributed by atoms with Gasteiger partial charge in [-0.05, 0) is 66.6 Å². The maximum absolute atomic E-state index is 12.5. The van der Waals surface area contributed by atoms with E-state index < -0.39 is 18.0 Å². The Morgan fingerprint density at radius 1 is 0.833 bits per heavy atom.